The zero-order valence-corrected chi connectivity index (χ0v) is 11.3. The Kier molecular flexibility index (Phi) is 3.46. The topological polar surface area (TPSA) is 31.4 Å². The Morgan fingerprint density at radius 1 is 1.25 bits per heavy atom. The van der Waals surface area contributed by atoms with Crippen LogP contribution < -0.4 is 9.47 Å². The fourth-order valence-electron chi connectivity index (χ4n) is 1.39. The highest BCUT2D eigenvalue weighted by Crippen LogP contribution is 2.34. The number of hydrogen-bond donors (Lipinski definition) is 0. The molecule has 1 aromatic heterocycles. The number of nitrogens with zero attached hydrogens (tertiary/aromatic N) is 1. The van der Waals surface area contributed by atoms with Crippen LogP contribution in [0.2, 0.25) is 0 Å². The van der Waals surface area contributed by atoms with Crippen LogP contribution in [0.25, 0.3) is 11.3 Å². The van der Waals surface area contributed by atoms with Crippen LogP contribution in [0.4, 0.5) is 0 Å². The Morgan fingerprint density at radius 2 is 2.06 bits per heavy atom. The van der Waals surface area contributed by atoms with Crippen molar-refractivity contribution in [2.75, 3.05) is 14.2 Å². The predicted molar refractivity (Wildman–Crippen MR) is 68.4 cm³/mol. The van der Waals surface area contributed by atoms with Crippen LogP contribution in [0.15, 0.2) is 27.5 Å². The molecule has 0 bridgehead atoms. The molecule has 1 heterocycles. The lowest BCUT2D eigenvalue weighted by atomic mass is 10.1. The van der Waals surface area contributed by atoms with E-state index in [1.54, 1.807) is 25.6 Å². The molecule has 0 aliphatic heterocycles. The van der Waals surface area contributed by atoms with E-state index >= 15 is 0 Å². The lowest BCUT2D eigenvalue weighted by molar-refractivity contribution is 0.404. The maximum Gasteiger partial charge on any atom is 0.159 e. The van der Waals surface area contributed by atoms with Crippen LogP contribution in [0.3, 0.4) is 0 Å². The molecule has 2 aromatic rings. The molecule has 0 unspecified atom stereocenters. The monoisotopic (exact) mass is 299 g/mol. The van der Waals surface area contributed by atoms with Gasteiger partial charge in [-0.25, -0.2) is 4.98 Å². The molecule has 0 saturated carbocycles. The van der Waals surface area contributed by atoms with E-state index in [1.165, 1.54) is 0 Å². The second-order valence-electron chi connectivity index (χ2n) is 3.05. The first-order chi connectivity index (χ1) is 7.74. The van der Waals surface area contributed by atoms with Gasteiger partial charge >= 0.3 is 0 Å². The SMILES string of the molecule is COc1ccc(OC)c(-c2csc(Br)n2)c1. The van der Waals surface area contributed by atoms with Gasteiger partial charge < -0.3 is 9.47 Å². The van der Waals surface area contributed by atoms with E-state index < -0.39 is 0 Å². The van der Waals surface area contributed by atoms with Crippen molar-refractivity contribution in [3.63, 3.8) is 0 Å². The minimum absolute atomic E-state index is 0.790. The number of ether oxygens (including phenoxy) is 2. The van der Waals surface area contributed by atoms with Crippen molar-refractivity contribution < 1.29 is 9.47 Å². The molecule has 3 nitrogen and oxygen atoms in total. The molecule has 2 rings (SSSR count). The zero-order valence-electron chi connectivity index (χ0n) is 8.86. The van der Waals surface area contributed by atoms with Gasteiger partial charge in [0.1, 0.15) is 11.5 Å². The van der Waals surface area contributed by atoms with Crippen LogP contribution in [0.1, 0.15) is 0 Å². The third-order valence-electron chi connectivity index (χ3n) is 2.16. The second-order valence-corrected chi connectivity index (χ2v) is 5.19. The quantitative estimate of drug-likeness (QED) is 0.868. The number of benzene rings is 1. The predicted octanol–water partition coefficient (Wildman–Crippen LogP) is 3.59. The van der Waals surface area contributed by atoms with Gasteiger partial charge in [0.05, 0.1) is 19.9 Å². The van der Waals surface area contributed by atoms with Gasteiger partial charge in [0.15, 0.2) is 3.92 Å². The molecule has 0 saturated heterocycles. The summed E-state index contributed by atoms with van der Waals surface area (Å²) in [7, 11) is 3.29. The average Bonchev–Trinajstić information content (AvgIpc) is 2.75. The van der Waals surface area contributed by atoms with Crippen molar-refractivity contribution in [3.8, 4) is 22.8 Å². The summed E-state index contributed by atoms with van der Waals surface area (Å²) in [6.45, 7) is 0. The first kappa shape index (κ1) is 11.4. The Morgan fingerprint density at radius 3 is 2.62 bits per heavy atom. The molecule has 0 aliphatic rings. The molecule has 5 heteroatoms. The highest BCUT2D eigenvalue weighted by Gasteiger charge is 2.10. The number of rotatable bonds is 3. The molecule has 1 aromatic carbocycles. The van der Waals surface area contributed by atoms with Gasteiger partial charge in [-0.3, -0.25) is 0 Å². The number of hydrogen-bond acceptors (Lipinski definition) is 4. The highest BCUT2D eigenvalue weighted by atomic mass is 79.9. The van der Waals surface area contributed by atoms with Gasteiger partial charge in [-0.1, -0.05) is 0 Å². The zero-order chi connectivity index (χ0) is 11.5. The second kappa shape index (κ2) is 4.84. The minimum atomic E-state index is 0.790. The fourth-order valence-corrected chi connectivity index (χ4v) is 2.40. The van der Waals surface area contributed by atoms with Gasteiger partial charge in [0.25, 0.3) is 0 Å². The van der Waals surface area contributed by atoms with Crippen molar-refractivity contribution >= 4 is 27.3 Å². The smallest absolute Gasteiger partial charge is 0.159 e. The molecular weight excluding hydrogens is 290 g/mol. The summed E-state index contributed by atoms with van der Waals surface area (Å²) >= 11 is 4.89. The van der Waals surface area contributed by atoms with E-state index in [2.05, 4.69) is 20.9 Å². The summed E-state index contributed by atoms with van der Waals surface area (Å²) in [5.74, 6) is 1.58. The number of methoxy groups -OCH3 is 2. The third kappa shape index (κ3) is 2.20. The lowest BCUT2D eigenvalue weighted by Crippen LogP contribution is -1.90. The van der Waals surface area contributed by atoms with Gasteiger partial charge in [0.2, 0.25) is 0 Å². The summed E-state index contributed by atoms with van der Waals surface area (Å²) in [4.78, 5) is 4.36. The number of halogens is 1. The van der Waals surface area contributed by atoms with Crippen molar-refractivity contribution in [2.24, 2.45) is 0 Å². The van der Waals surface area contributed by atoms with Gasteiger partial charge in [0, 0.05) is 10.9 Å². The minimum Gasteiger partial charge on any atom is -0.497 e. The molecule has 0 atom stereocenters. The summed E-state index contributed by atoms with van der Waals surface area (Å²) in [6.07, 6.45) is 0. The van der Waals surface area contributed by atoms with E-state index in [0.29, 0.717) is 0 Å². The maximum absolute atomic E-state index is 5.30. The number of aromatic nitrogens is 1. The van der Waals surface area contributed by atoms with E-state index in [-0.39, 0.29) is 0 Å². The molecule has 0 radical (unpaired) electrons. The summed E-state index contributed by atoms with van der Waals surface area (Å²) < 4.78 is 11.3. The van der Waals surface area contributed by atoms with Crippen molar-refractivity contribution in [1.29, 1.82) is 0 Å². The number of thiazole rings is 1. The Hall–Kier alpha value is -1.07. The van der Waals surface area contributed by atoms with E-state index in [0.717, 1.165) is 26.7 Å². The van der Waals surface area contributed by atoms with Crippen molar-refractivity contribution in [2.45, 2.75) is 0 Å². The van der Waals surface area contributed by atoms with Gasteiger partial charge in [-0.05, 0) is 34.1 Å². The summed E-state index contributed by atoms with van der Waals surface area (Å²) in [6, 6.07) is 5.66. The lowest BCUT2D eigenvalue weighted by Gasteiger charge is -2.08. The fraction of sp³-hybridized carbons (Fsp3) is 0.182. The Balaban J connectivity index is 2.52. The van der Waals surface area contributed by atoms with Crippen molar-refractivity contribution in [3.05, 3.63) is 27.5 Å². The molecule has 84 valence electrons. The standard InChI is InChI=1S/C11H10BrNO2S/c1-14-7-3-4-10(15-2)8(5-7)9-6-16-11(12)13-9/h3-6H,1-2H3. The van der Waals surface area contributed by atoms with Gasteiger partial charge in [-0.2, -0.15) is 0 Å². The highest BCUT2D eigenvalue weighted by molar-refractivity contribution is 9.11. The van der Waals surface area contributed by atoms with Crippen LogP contribution in [-0.2, 0) is 0 Å². The molecule has 0 amide bonds. The van der Waals surface area contributed by atoms with Crippen LogP contribution >= 0.6 is 27.3 Å². The Bertz CT molecular complexity index is 498. The molecule has 0 fully saturated rings. The average molecular weight is 300 g/mol. The maximum atomic E-state index is 5.30. The van der Waals surface area contributed by atoms with Crippen LogP contribution in [0.5, 0.6) is 11.5 Å². The first-order valence-corrected chi connectivity index (χ1v) is 6.25. The summed E-state index contributed by atoms with van der Waals surface area (Å²) in [5, 5.41) is 1.97. The van der Waals surface area contributed by atoms with Gasteiger partial charge in [-0.15, -0.1) is 11.3 Å². The first-order valence-electron chi connectivity index (χ1n) is 4.58. The molecule has 0 spiro atoms. The van der Waals surface area contributed by atoms with E-state index in [4.69, 9.17) is 9.47 Å². The largest absolute Gasteiger partial charge is 0.497 e. The molecule has 0 N–H and O–H groups in total. The van der Waals surface area contributed by atoms with E-state index in [9.17, 15) is 0 Å². The molecular formula is C11H10BrNO2S. The van der Waals surface area contributed by atoms with Crippen molar-refractivity contribution in [1.82, 2.24) is 4.98 Å². The third-order valence-corrected chi connectivity index (χ3v) is 3.52. The summed E-state index contributed by atoms with van der Waals surface area (Å²) in [5.41, 5.74) is 1.82. The van der Waals surface area contributed by atoms with Crippen LogP contribution in [-0.4, -0.2) is 19.2 Å². The van der Waals surface area contributed by atoms with Crippen LogP contribution in [0, 0.1) is 0 Å². The molecule has 0 aliphatic carbocycles. The normalized spacial score (nSPS) is 10.2. The Labute approximate surface area is 106 Å². The molecule has 16 heavy (non-hydrogen) atoms. The van der Waals surface area contributed by atoms with E-state index in [1.807, 2.05) is 23.6 Å².